The number of nitrogens with zero attached hydrogens (tertiary/aromatic N) is 1. The molecule has 10 heteroatoms. The van der Waals surface area contributed by atoms with Gasteiger partial charge in [0.15, 0.2) is 9.90 Å². The molecule has 0 aliphatic carbocycles. The highest BCUT2D eigenvalue weighted by molar-refractivity contribution is 9.10. The molecule has 0 saturated heterocycles. The number of thiazole rings is 1. The topological polar surface area (TPSA) is 96.4 Å². The van der Waals surface area contributed by atoms with Crippen molar-refractivity contribution >= 4 is 60.5 Å². The van der Waals surface area contributed by atoms with Crippen molar-refractivity contribution < 1.29 is 18.3 Å². The van der Waals surface area contributed by atoms with Crippen LogP contribution in [0.15, 0.2) is 32.4 Å². The molecule has 2 rings (SSSR count). The lowest BCUT2D eigenvalue weighted by Crippen LogP contribution is -2.15. The van der Waals surface area contributed by atoms with Gasteiger partial charge in [-0.15, -0.1) is 11.3 Å². The van der Waals surface area contributed by atoms with E-state index in [2.05, 4.69) is 25.6 Å². The zero-order valence-corrected chi connectivity index (χ0v) is 13.5. The summed E-state index contributed by atoms with van der Waals surface area (Å²) >= 11 is 9.80. The van der Waals surface area contributed by atoms with E-state index in [1.54, 1.807) is 6.07 Å². The van der Waals surface area contributed by atoms with Gasteiger partial charge < -0.3 is 5.11 Å². The first kappa shape index (κ1) is 15.2. The summed E-state index contributed by atoms with van der Waals surface area (Å²) in [6.07, 6.45) is 0. The van der Waals surface area contributed by atoms with E-state index in [9.17, 15) is 13.2 Å². The van der Waals surface area contributed by atoms with E-state index in [1.165, 1.54) is 12.1 Å². The SMILES string of the molecule is O=C(O)c1ncsc1S(=O)(=O)Nc1cc(Br)ccc1Cl. The molecule has 106 valence electrons. The smallest absolute Gasteiger partial charge is 0.356 e. The third kappa shape index (κ3) is 3.11. The zero-order chi connectivity index (χ0) is 14.9. The zero-order valence-electron chi connectivity index (χ0n) is 9.50. The van der Waals surface area contributed by atoms with Crippen LogP contribution in [-0.2, 0) is 10.0 Å². The molecule has 0 aliphatic rings. The Morgan fingerprint density at radius 1 is 1.45 bits per heavy atom. The average molecular weight is 398 g/mol. The lowest BCUT2D eigenvalue weighted by molar-refractivity contribution is 0.0687. The Morgan fingerprint density at radius 2 is 2.15 bits per heavy atom. The monoisotopic (exact) mass is 396 g/mol. The van der Waals surface area contributed by atoms with Crippen molar-refractivity contribution in [2.24, 2.45) is 0 Å². The fourth-order valence-electron chi connectivity index (χ4n) is 1.34. The summed E-state index contributed by atoms with van der Waals surface area (Å²) < 4.78 is 26.8. The number of nitrogens with one attached hydrogen (secondary N) is 1. The van der Waals surface area contributed by atoms with E-state index < -0.39 is 21.7 Å². The van der Waals surface area contributed by atoms with Gasteiger partial charge in [0.1, 0.15) is 0 Å². The molecule has 0 saturated carbocycles. The summed E-state index contributed by atoms with van der Waals surface area (Å²) in [5, 5.41) is 9.09. The Labute approximate surface area is 131 Å². The maximum Gasteiger partial charge on any atom is 0.356 e. The van der Waals surface area contributed by atoms with Crippen LogP contribution in [0.5, 0.6) is 0 Å². The van der Waals surface area contributed by atoms with Gasteiger partial charge in [0.25, 0.3) is 10.0 Å². The highest BCUT2D eigenvalue weighted by Crippen LogP contribution is 2.29. The van der Waals surface area contributed by atoms with Crippen LogP contribution in [-0.4, -0.2) is 24.5 Å². The van der Waals surface area contributed by atoms with Crippen LogP contribution < -0.4 is 4.72 Å². The number of carbonyl (C=O) groups is 1. The number of aromatic carboxylic acids is 1. The normalized spacial score (nSPS) is 11.3. The minimum Gasteiger partial charge on any atom is -0.476 e. The van der Waals surface area contributed by atoms with Gasteiger partial charge in [0.05, 0.1) is 16.2 Å². The summed E-state index contributed by atoms with van der Waals surface area (Å²) in [6.45, 7) is 0. The fourth-order valence-corrected chi connectivity index (χ4v) is 4.13. The molecule has 0 amide bonds. The molecule has 6 nitrogen and oxygen atoms in total. The number of rotatable bonds is 4. The van der Waals surface area contributed by atoms with E-state index in [-0.39, 0.29) is 14.9 Å². The first-order chi connectivity index (χ1) is 9.31. The van der Waals surface area contributed by atoms with Crippen LogP contribution in [0.2, 0.25) is 5.02 Å². The molecule has 1 heterocycles. The van der Waals surface area contributed by atoms with Gasteiger partial charge in [-0.05, 0) is 18.2 Å². The van der Waals surface area contributed by atoms with Crippen LogP contribution in [0.3, 0.4) is 0 Å². The number of aromatic nitrogens is 1. The van der Waals surface area contributed by atoms with E-state index in [0.29, 0.717) is 15.8 Å². The van der Waals surface area contributed by atoms with Crippen LogP contribution in [0.25, 0.3) is 0 Å². The van der Waals surface area contributed by atoms with E-state index in [1.807, 2.05) is 0 Å². The standard InChI is InChI=1S/C10H6BrClN2O4S2/c11-5-1-2-6(12)7(3-5)14-20(17,18)10-8(9(15)16)13-4-19-10/h1-4,14H,(H,15,16). The minimum atomic E-state index is -4.07. The van der Waals surface area contributed by atoms with Gasteiger partial charge in [-0.2, -0.15) is 0 Å². The summed E-state index contributed by atoms with van der Waals surface area (Å²) in [7, 11) is -4.07. The van der Waals surface area contributed by atoms with Crippen molar-refractivity contribution in [2.75, 3.05) is 4.72 Å². The van der Waals surface area contributed by atoms with Gasteiger partial charge in [-0.25, -0.2) is 18.2 Å². The van der Waals surface area contributed by atoms with Crippen molar-refractivity contribution in [3.63, 3.8) is 0 Å². The van der Waals surface area contributed by atoms with Crippen LogP contribution in [0, 0.1) is 0 Å². The Morgan fingerprint density at radius 3 is 2.80 bits per heavy atom. The molecule has 0 bridgehead atoms. The average Bonchev–Trinajstić information content (AvgIpc) is 2.83. The van der Waals surface area contributed by atoms with Gasteiger partial charge in [-0.1, -0.05) is 27.5 Å². The third-order valence-corrected chi connectivity index (χ3v) is 5.71. The summed E-state index contributed by atoms with van der Waals surface area (Å²) in [5.74, 6) is -1.41. The summed E-state index contributed by atoms with van der Waals surface area (Å²) in [5.41, 5.74) is 0.778. The Bertz CT molecular complexity index is 775. The third-order valence-electron chi connectivity index (χ3n) is 2.15. The highest BCUT2D eigenvalue weighted by atomic mass is 79.9. The maximum absolute atomic E-state index is 12.2. The Hall–Kier alpha value is -1.16. The molecule has 0 aliphatic heterocycles. The second-order valence-electron chi connectivity index (χ2n) is 3.52. The second-order valence-corrected chi connectivity index (χ2v) is 7.58. The van der Waals surface area contributed by atoms with E-state index in [4.69, 9.17) is 16.7 Å². The van der Waals surface area contributed by atoms with Crippen molar-refractivity contribution in [1.82, 2.24) is 4.98 Å². The number of sulfonamides is 1. The molecule has 20 heavy (non-hydrogen) atoms. The molecule has 1 aromatic carbocycles. The van der Waals surface area contributed by atoms with E-state index in [0.717, 1.165) is 5.51 Å². The van der Waals surface area contributed by atoms with Crippen molar-refractivity contribution in [3.05, 3.63) is 38.9 Å². The minimum absolute atomic E-state index is 0.144. The number of carboxylic acids is 1. The van der Waals surface area contributed by atoms with Crippen LogP contribution in [0.4, 0.5) is 5.69 Å². The number of carboxylic acid groups (broad SMARTS) is 1. The first-order valence-electron chi connectivity index (χ1n) is 4.96. The molecule has 2 N–H and O–H groups in total. The van der Waals surface area contributed by atoms with Crippen LogP contribution >= 0.6 is 38.9 Å². The van der Waals surface area contributed by atoms with Gasteiger partial charge in [-0.3, -0.25) is 4.72 Å². The van der Waals surface area contributed by atoms with Crippen LogP contribution in [0.1, 0.15) is 10.5 Å². The first-order valence-corrected chi connectivity index (χ1v) is 8.49. The number of halogens is 2. The molecule has 0 atom stereocenters. The molecule has 0 spiro atoms. The number of anilines is 1. The molecular weight excluding hydrogens is 392 g/mol. The van der Waals surface area contributed by atoms with Gasteiger partial charge in [0.2, 0.25) is 0 Å². The van der Waals surface area contributed by atoms with Crippen molar-refractivity contribution in [3.8, 4) is 0 Å². The molecule has 1 aromatic heterocycles. The van der Waals surface area contributed by atoms with E-state index >= 15 is 0 Å². The van der Waals surface area contributed by atoms with Crippen molar-refractivity contribution in [2.45, 2.75) is 4.21 Å². The second kappa shape index (κ2) is 5.68. The van der Waals surface area contributed by atoms with Gasteiger partial charge in [0, 0.05) is 4.47 Å². The quantitative estimate of drug-likeness (QED) is 0.826. The highest BCUT2D eigenvalue weighted by Gasteiger charge is 2.26. The fraction of sp³-hybridized carbons (Fsp3) is 0. The maximum atomic E-state index is 12.2. The Balaban J connectivity index is 2.44. The molecular formula is C10H6BrClN2O4S2. The van der Waals surface area contributed by atoms with Crippen molar-refractivity contribution in [1.29, 1.82) is 0 Å². The number of benzene rings is 1. The number of hydrogen-bond acceptors (Lipinski definition) is 5. The predicted octanol–water partition coefficient (Wildman–Crippen LogP) is 3.06. The molecule has 0 fully saturated rings. The molecule has 2 aromatic rings. The molecule has 0 radical (unpaired) electrons. The summed E-state index contributed by atoms with van der Waals surface area (Å²) in [6, 6.07) is 4.63. The molecule has 0 unspecified atom stereocenters. The lowest BCUT2D eigenvalue weighted by atomic mass is 10.3. The van der Waals surface area contributed by atoms with Gasteiger partial charge >= 0.3 is 5.97 Å². The lowest BCUT2D eigenvalue weighted by Gasteiger charge is -2.08. The number of hydrogen-bond donors (Lipinski definition) is 2. The largest absolute Gasteiger partial charge is 0.476 e. The Kier molecular flexibility index (Phi) is 4.33. The summed E-state index contributed by atoms with van der Waals surface area (Å²) in [4.78, 5) is 14.4. The predicted molar refractivity (Wildman–Crippen MR) is 79.0 cm³/mol.